The first-order valence-corrected chi connectivity index (χ1v) is 9.44. The number of fused-ring (bicyclic) bond motifs is 1. The monoisotopic (exact) mass is 354 g/mol. The summed E-state index contributed by atoms with van der Waals surface area (Å²) in [6, 6.07) is 0.0483. The molecule has 1 aromatic heterocycles. The lowest BCUT2D eigenvalue weighted by Crippen LogP contribution is -2.53. The van der Waals surface area contributed by atoms with Crippen molar-refractivity contribution in [1.82, 2.24) is 9.88 Å². The van der Waals surface area contributed by atoms with Crippen LogP contribution < -0.4 is 0 Å². The van der Waals surface area contributed by atoms with Crippen LogP contribution in [0.2, 0.25) is 0 Å². The summed E-state index contributed by atoms with van der Waals surface area (Å²) in [4.78, 5) is 19.2. The van der Waals surface area contributed by atoms with Crippen molar-refractivity contribution in [3.8, 4) is 0 Å². The van der Waals surface area contributed by atoms with E-state index in [9.17, 15) is 4.79 Å². The zero-order valence-corrected chi connectivity index (χ0v) is 15.2. The van der Waals surface area contributed by atoms with Crippen molar-refractivity contribution in [3.05, 3.63) is 16.1 Å². The number of aryl methyl sites for hydroxylation is 1. The lowest BCUT2D eigenvalue weighted by Gasteiger charge is -2.43. The fourth-order valence-electron chi connectivity index (χ4n) is 4.08. The number of hydrogen-bond acceptors (Lipinski definition) is 6. The molecule has 2 aliphatic rings. The minimum Gasteiger partial charge on any atom is -0.394 e. The molecule has 1 aliphatic carbocycles. The highest BCUT2D eigenvalue weighted by molar-refractivity contribution is 7.09. The van der Waals surface area contributed by atoms with Gasteiger partial charge in [-0.15, -0.1) is 11.3 Å². The number of likely N-dealkylation sites (tertiary alicyclic amines) is 1. The van der Waals surface area contributed by atoms with Gasteiger partial charge in [-0.05, 0) is 32.6 Å². The molecule has 6 nitrogen and oxygen atoms in total. The molecular weight excluding hydrogens is 328 g/mol. The van der Waals surface area contributed by atoms with Gasteiger partial charge in [-0.25, -0.2) is 4.98 Å². The van der Waals surface area contributed by atoms with E-state index in [4.69, 9.17) is 14.6 Å². The largest absolute Gasteiger partial charge is 0.394 e. The lowest BCUT2D eigenvalue weighted by atomic mass is 9.79. The predicted octanol–water partition coefficient (Wildman–Crippen LogP) is 1.54. The first kappa shape index (κ1) is 17.8. The Balaban J connectivity index is 1.70. The van der Waals surface area contributed by atoms with Crippen molar-refractivity contribution in [2.75, 3.05) is 26.9 Å². The average molecular weight is 354 g/mol. The number of carbonyl (C=O) groups excluding carboxylic acids is 1. The number of aliphatic hydroxyl groups excluding tert-OH is 1. The van der Waals surface area contributed by atoms with Crippen LogP contribution >= 0.6 is 11.3 Å². The van der Waals surface area contributed by atoms with E-state index < -0.39 is 0 Å². The van der Waals surface area contributed by atoms with Crippen molar-refractivity contribution in [2.45, 2.75) is 56.8 Å². The third-order valence-corrected chi connectivity index (χ3v) is 6.13. The van der Waals surface area contributed by atoms with Crippen LogP contribution in [0.4, 0.5) is 0 Å². The van der Waals surface area contributed by atoms with Gasteiger partial charge in [0.15, 0.2) is 0 Å². The van der Waals surface area contributed by atoms with Gasteiger partial charge in [0.25, 0.3) is 0 Å². The Morgan fingerprint density at radius 2 is 2.38 bits per heavy atom. The minimum absolute atomic E-state index is 0.0302. The molecule has 0 bridgehead atoms. The van der Waals surface area contributed by atoms with Gasteiger partial charge in [0.1, 0.15) is 0 Å². The van der Waals surface area contributed by atoms with E-state index >= 15 is 0 Å². The summed E-state index contributed by atoms with van der Waals surface area (Å²) in [5, 5.41) is 11.9. The third-order valence-electron chi connectivity index (χ3n) is 5.31. The van der Waals surface area contributed by atoms with Gasteiger partial charge in [-0.3, -0.25) is 4.79 Å². The van der Waals surface area contributed by atoms with Gasteiger partial charge in [-0.2, -0.15) is 0 Å². The van der Waals surface area contributed by atoms with E-state index in [0.717, 1.165) is 42.9 Å². The van der Waals surface area contributed by atoms with E-state index in [1.165, 1.54) is 0 Å². The van der Waals surface area contributed by atoms with E-state index in [0.29, 0.717) is 13.0 Å². The number of aromatic nitrogens is 1. The number of amides is 1. The van der Waals surface area contributed by atoms with Crippen molar-refractivity contribution >= 4 is 17.2 Å². The Kier molecular flexibility index (Phi) is 5.54. The standard InChI is InChI=1S/C17H26N2O4S/c1-12-18-13(11-24-12)9-16(21)19-6-5-17(22-2)4-3-14(10-15(17)19)23-8-7-20/h11,14-15,20H,3-10H2,1-2H3. The summed E-state index contributed by atoms with van der Waals surface area (Å²) in [5.41, 5.74) is 0.605. The second-order valence-electron chi connectivity index (χ2n) is 6.65. The Morgan fingerprint density at radius 3 is 3.04 bits per heavy atom. The second kappa shape index (κ2) is 7.47. The zero-order chi connectivity index (χ0) is 17.2. The normalized spacial score (nSPS) is 29.7. The molecule has 1 amide bonds. The molecular formula is C17H26N2O4S. The maximum Gasteiger partial charge on any atom is 0.228 e. The Bertz CT molecular complexity index is 579. The van der Waals surface area contributed by atoms with E-state index in [1.807, 2.05) is 17.2 Å². The van der Waals surface area contributed by atoms with E-state index in [1.54, 1.807) is 18.4 Å². The Hall–Kier alpha value is -1.02. The zero-order valence-electron chi connectivity index (χ0n) is 14.4. The molecule has 2 fully saturated rings. The highest BCUT2D eigenvalue weighted by atomic mass is 32.1. The summed E-state index contributed by atoms with van der Waals surface area (Å²) in [6.07, 6.45) is 3.89. The molecule has 7 heteroatoms. The Labute approximate surface area is 146 Å². The van der Waals surface area contributed by atoms with Gasteiger partial charge >= 0.3 is 0 Å². The lowest BCUT2D eigenvalue weighted by molar-refractivity contribution is -0.141. The summed E-state index contributed by atoms with van der Waals surface area (Å²) in [5.74, 6) is 0.118. The van der Waals surface area contributed by atoms with Gasteiger partial charge < -0.3 is 19.5 Å². The quantitative estimate of drug-likeness (QED) is 0.839. The molecule has 1 aliphatic heterocycles. The molecule has 2 heterocycles. The van der Waals surface area contributed by atoms with Crippen molar-refractivity contribution in [3.63, 3.8) is 0 Å². The van der Waals surface area contributed by atoms with Gasteiger partial charge in [-0.1, -0.05) is 0 Å². The van der Waals surface area contributed by atoms with Gasteiger partial charge in [0.2, 0.25) is 5.91 Å². The van der Waals surface area contributed by atoms with Crippen molar-refractivity contribution in [1.29, 1.82) is 0 Å². The number of carbonyl (C=O) groups is 1. The molecule has 3 atom stereocenters. The van der Waals surface area contributed by atoms with Crippen molar-refractivity contribution in [2.24, 2.45) is 0 Å². The van der Waals surface area contributed by atoms with Crippen LogP contribution in [0.3, 0.4) is 0 Å². The maximum atomic E-state index is 12.8. The summed E-state index contributed by atoms with van der Waals surface area (Å²) in [7, 11) is 1.75. The van der Waals surface area contributed by atoms with Crippen LogP contribution in [0.15, 0.2) is 5.38 Å². The number of hydrogen-bond donors (Lipinski definition) is 1. The van der Waals surface area contributed by atoms with Crippen LogP contribution in [-0.2, 0) is 20.7 Å². The summed E-state index contributed by atoms with van der Waals surface area (Å²) < 4.78 is 11.6. The van der Waals surface area contributed by atoms with Crippen LogP contribution in [0.1, 0.15) is 36.4 Å². The van der Waals surface area contributed by atoms with Crippen LogP contribution in [-0.4, -0.2) is 65.5 Å². The van der Waals surface area contributed by atoms with Crippen LogP contribution in [0.25, 0.3) is 0 Å². The fourth-order valence-corrected chi connectivity index (χ4v) is 4.69. The van der Waals surface area contributed by atoms with Crippen molar-refractivity contribution < 1.29 is 19.4 Å². The first-order chi connectivity index (χ1) is 11.6. The number of thiazole rings is 1. The maximum absolute atomic E-state index is 12.8. The molecule has 0 aromatic carbocycles. The number of methoxy groups -OCH3 is 1. The first-order valence-electron chi connectivity index (χ1n) is 8.56. The van der Waals surface area contributed by atoms with E-state index in [-0.39, 0.29) is 30.3 Å². The molecule has 1 N–H and O–H groups in total. The average Bonchev–Trinajstić information content (AvgIpc) is 3.16. The number of aliphatic hydroxyl groups is 1. The van der Waals surface area contributed by atoms with Gasteiger partial charge in [0, 0.05) is 19.0 Å². The highest BCUT2D eigenvalue weighted by Gasteiger charge is 2.52. The predicted molar refractivity (Wildman–Crippen MR) is 91.1 cm³/mol. The molecule has 0 spiro atoms. The fraction of sp³-hybridized carbons (Fsp3) is 0.765. The molecule has 3 unspecified atom stereocenters. The molecule has 1 saturated heterocycles. The number of rotatable bonds is 6. The SMILES string of the molecule is COC12CCC(OCCO)CC1N(C(=O)Cc1csc(C)n1)CC2. The minimum atomic E-state index is -0.243. The molecule has 1 saturated carbocycles. The smallest absolute Gasteiger partial charge is 0.228 e. The van der Waals surface area contributed by atoms with Gasteiger partial charge in [0.05, 0.1) is 48.1 Å². The second-order valence-corrected chi connectivity index (χ2v) is 7.71. The Morgan fingerprint density at radius 1 is 1.54 bits per heavy atom. The molecule has 3 rings (SSSR count). The molecule has 134 valence electrons. The highest BCUT2D eigenvalue weighted by Crippen LogP contribution is 2.43. The molecule has 24 heavy (non-hydrogen) atoms. The topological polar surface area (TPSA) is 71.9 Å². The van der Waals surface area contributed by atoms with Crippen LogP contribution in [0, 0.1) is 6.92 Å². The summed E-state index contributed by atoms with van der Waals surface area (Å²) in [6.45, 7) is 3.06. The molecule has 0 radical (unpaired) electrons. The number of nitrogens with zero attached hydrogens (tertiary/aromatic N) is 2. The molecule has 1 aromatic rings. The number of ether oxygens (including phenoxy) is 2. The van der Waals surface area contributed by atoms with E-state index in [2.05, 4.69) is 4.98 Å². The summed E-state index contributed by atoms with van der Waals surface area (Å²) >= 11 is 1.57. The third kappa shape index (κ3) is 3.49. The van der Waals surface area contributed by atoms with Crippen LogP contribution in [0.5, 0.6) is 0 Å².